The normalized spacial score (nSPS) is 19.7. The predicted octanol–water partition coefficient (Wildman–Crippen LogP) is 3.29. The first kappa shape index (κ1) is 22.4. The molecule has 34 heavy (non-hydrogen) atoms. The van der Waals surface area contributed by atoms with Crippen molar-refractivity contribution in [3.63, 3.8) is 0 Å². The summed E-state index contributed by atoms with van der Waals surface area (Å²) in [5.74, 6) is 0.0797. The SMILES string of the molecule is CN1CCc2c(Cc3ccc(-c4ccc(F)nc4)nc3)cc(C(=O)N[C@H]3CCCC[C@@H]3O)nc21. The molecule has 2 N–H and O–H groups in total. The molecule has 3 aromatic heterocycles. The van der Waals surface area contributed by atoms with E-state index in [-0.39, 0.29) is 11.9 Å². The van der Waals surface area contributed by atoms with Gasteiger partial charge in [-0.3, -0.25) is 9.78 Å². The lowest BCUT2D eigenvalue weighted by atomic mass is 9.92. The van der Waals surface area contributed by atoms with E-state index in [9.17, 15) is 14.3 Å². The summed E-state index contributed by atoms with van der Waals surface area (Å²) in [5, 5.41) is 13.3. The van der Waals surface area contributed by atoms with Crippen molar-refractivity contribution in [2.75, 3.05) is 18.5 Å². The van der Waals surface area contributed by atoms with Crippen LogP contribution in [0.3, 0.4) is 0 Å². The average molecular weight is 462 g/mol. The number of amides is 1. The van der Waals surface area contributed by atoms with E-state index in [4.69, 9.17) is 0 Å². The maximum absolute atomic E-state index is 13.1. The Bertz CT molecular complexity index is 1180. The molecule has 1 aliphatic carbocycles. The summed E-state index contributed by atoms with van der Waals surface area (Å²) in [6, 6.07) is 8.52. The minimum atomic E-state index is -0.519. The van der Waals surface area contributed by atoms with E-state index in [1.807, 2.05) is 31.4 Å². The minimum absolute atomic E-state index is 0.227. The second-order valence-corrected chi connectivity index (χ2v) is 9.17. The van der Waals surface area contributed by atoms with E-state index in [0.717, 1.165) is 66.0 Å². The van der Waals surface area contributed by atoms with Gasteiger partial charge in [0.15, 0.2) is 0 Å². The molecule has 1 aliphatic heterocycles. The quantitative estimate of drug-likeness (QED) is 0.567. The smallest absolute Gasteiger partial charge is 0.270 e. The highest BCUT2D eigenvalue weighted by Crippen LogP contribution is 2.30. The average Bonchev–Trinajstić information content (AvgIpc) is 3.22. The van der Waals surface area contributed by atoms with Crippen molar-refractivity contribution in [3.8, 4) is 11.3 Å². The Morgan fingerprint density at radius 3 is 2.76 bits per heavy atom. The second-order valence-electron chi connectivity index (χ2n) is 9.17. The second kappa shape index (κ2) is 9.46. The molecule has 5 rings (SSSR count). The molecule has 0 saturated heterocycles. The lowest BCUT2D eigenvalue weighted by Crippen LogP contribution is -2.45. The topological polar surface area (TPSA) is 91.2 Å². The number of halogens is 1. The first-order valence-corrected chi connectivity index (χ1v) is 11.8. The number of carbonyl (C=O) groups is 1. The Morgan fingerprint density at radius 1 is 1.18 bits per heavy atom. The van der Waals surface area contributed by atoms with Crippen LogP contribution >= 0.6 is 0 Å². The molecule has 3 aromatic rings. The largest absolute Gasteiger partial charge is 0.391 e. The number of anilines is 1. The summed E-state index contributed by atoms with van der Waals surface area (Å²) in [4.78, 5) is 28.0. The molecule has 1 amide bonds. The van der Waals surface area contributed by atoms with Crippen LogP contribution in [-0.2, 0) is 12.8 Å². The number of fused-ring (bicyclic) bond motifs is 1. The van der Waals surface area contributed by atoms with Crippen molar-refractivity contribution in [3.05, 3.63) is 71.1 Å². The van der Waals surface area contributed by atoms with E-state index in [2.05, 4.69) is 25.2 Å². The van der Waals surface area contributed by atoms with Crippen LogP contribution in [0.2, 0.25) is 0 Å². The van der Waals surface area contributed by atoms with E-state index in [1.165, 1.54) is 12.3 Å². The summed E-state index contributed by atoms with van der Waals surface area (Å²) in [7, 11) is 1.99. The zero-order valence-electron chi connectivity index (χ0n) is 19.2. The Labute approximate surface area is 198 Å². The van der Waals surface area contributed by atoms with E-state index >= 15 is 0 Å². The van der Waals surface area contributed by atoms with Gasteiger partial charge in [0.25, 0.3) is 5.91 Å². The van der Waals surface area contributed by atoms with Gasteiger partial charge in [0.2, 0.25) is 5.95 Å². The van der Waals surface area contributed by atoms with Gasteiger partial charge < -0.3 is 15.3 Å². The van der Waals surface area contributed by atoms with Crippen LogP contribution in [0.5, 0.6) is 0 Å². The molecule has 2 atom stereocenters. The zero-order chi connectivity index (χ0) is 23.7. The molecule has 1 saturated carbocycles. The lowest BCUT2D eigenvalue weighted by molar-refractivity contribution is 0.0714. The number of rotatable bonds is 5. The highest BCUT2D eigenvalue weighted by atomic mass is 19.1. The predicted molar refractivity (Wildman–Crippen MR) is 127 cm³/mol. The van der Waals surface area contributed by atoms with E-state index < -0.39 is 12.1 Å². The fourth-order valence-electron chi connectivity index (χ4n) is 4.83. The highest BCUT2D eigenvalue weighted by Gasteiger charge is 2.28. The fraction of sp³-hybridized carbons (Fsp3) is 0.385. The number of aromatic nitrogens is 3. The molecule has 0 radical (unpaired) electrons. The Balaban J connectivity index is 1.39. The summed E-state index contributed by atoms with van der Waals surface area (Å²) in [6.07, 6.45) is 7.77. The van der Waals surface area contributed by atoms with Crippen LogP contribution in [0, 0.1) is 5.95 Å². The summed E-state index contributed by atoms with van der Waals surface area (Å²) >= 11 is 0. The van der Waals surface area contributed by atoms with Gasteiger partial charge in [0.1, 0.15) is 11.5 Å². The number of aliphatic hydroxyl groups is 1. The highest BCUT2D eigenvalue weighted by molar-refractivity contribution is 5.93. The third-order valence-electron chi connectivity index (χ3n) is 6.77. The molecule has 4 heterocycles. The number of carbonyl (C=O) groups excluding carboxylic acids is 1. The summed E-state index contributed by atoms with van der Waals surface area (Å²) < 4.78 is 13.1. The van der Waals surface area contributed by atoms with Crippen molar-refractivity contribution in [1.82, 2.24) is 20.3 Å². The Morgan fingerprint density at radius 2 is 2.03 bits per heavy atom. The Kier molecular flexibility index (Phi) is 6.24. The van der Waals surface area contributed by atoms with Gasteiger partial charge in [-0.05, 0) is 61.1 Å². The zero-order valence-corrected chi connectivity index (χ0v) is 19.2. The van der Waals surface area contributed by atoms with E-state index in [0.29, 0.717) is 18.5 Å². The number of pyridine rings is 3. The number of likely N-dealkylation sites (N-methyl/N-ethyl adjacent to an activating group) is 1. The molecular weight excluding hydrogens is 433 g/mol. The number of aliphatic hydroxyl groups excluding tert-OH is 1. The number of nitrogens with zero attached hydrogens (tertiary/aromatic N) is 4. The van der Waals surface area contributed by atoms with Crippen LogP contribution in [0.1, 0.15) is 52.9 Å². The molecule has 8 heteroatoms. The van der Waals surface area contributed by atoms with Gasteiger partial charge in [-0.15, -0.1) is 0 Å². The molecule has 0 unspecified atom stereocenters. The minimum Gasteiger partial charge on any atom is -0.391 e. The molecule has 0 aromatic carbocycles. The summed E-state index contributed by atoms with van der Waals surface area (Å²) in [5.41, 5.74) is 5.08. The van der Waals surface area contributed by atoms with Crippen molar-refractivity contribution in [1.29, 1.82) is 0 Å². The van der Waals surface area contributed by atoms with Crippen LogP contribution in [0.25, 0.3) is 11.3 Å². The molecule has 0 spiro atoms. The monoisotopic (exact) mass is 461 g/mol. The van der Waals surface area contributed by atoms with Gasteiger partial charge in [-0.2, -0.15) is 4.39 Å². The van der Waals surface area contributed by atoms with Crippen LogP contribution in [-0.4, -0.2) is 51.7 Å². The summed E-state index contributed by atoms with van der Waals surface area (Å²) in [6.45, 7) is 0.858. The van der Waals surface area contributed by atoms with Crippen molar-refractivity contribution >= 4 is 11.7 Å². The molecule has 176 valence electrons. The van der Waals surface area contributed by atoms with Crippen molar-refractivity contribution in [2.45, 2.75) is 50.7 Å². The molecule has 1 fully saturated rings. The standard InChI is InChI=1S/C26H28FN5O2/c1-32-11-10-19-18(12-16-6-8-20(28-14-16)17-7-9-24(27)29-15-17)13-22(30-25(19)32)26(34)31-21-4-2-3-5-23(21)33/h6-9,13-15,21,23,33H,2-5,10-12H2,1H3,(H,31,34)/t21-,23-/m0/s1. The fourth-order valence-corrected chi connectivity index (χ4v) is 4.83. The van der Waals surface area contributed by atoms with Crippen LogP contribution in [0.4, 0.5) is 10.2 Å². The van der Waals surface area contributed by atoms with Gasteiger partial charge in [-0.1, -0.05) is 18.9 Å². The maximum atomic E-state index is 13.1. The van der Waals surface area contributed by atoms with Crippen molar-refractivity contribution in [2.24, 2.45) is 0 Å². The van der Waals surface area contributed by atoms with Gasteiger partial charge in [0, 0.05) is 37.1 Å². The van der Waals surface area contributed by atoms with E-state index in [1.54, 1.807) is 6.07 Å². The molecular formula is C26H28FN5O2. The van der Waals surface area contributed by atoms with Gasteiger partial charge in [-0.25, -0.2) is 9.97 Å². The molecule has 2 aliphatic rings. The first-order chi connectivity index (χ1) is 16.5. The van der Waals surface area contributed by atoms with Crippen molar-refractivity contribution < 1.29 is 14.3 Å². The number of hydrogen-bond acceptors (Lipinski definition) is 6. The molecule has 7 nitrogen and oxygen atoms in total. The Hall–Kier alpha value is -3.39. The van der Waals surface area contributed by atoms with Crippen LogP contribution < -0.4 is 10.2 Å². The molecule has 0 bridgehead atoms. The third kappa shape index (κ3) is 4.63. The van der Waals surface area contributed by atoms with Gasteiger partial charge in [0.05, 0.1) is 17.8 Å². The first-order valence-electron chi connectivity index (χ1n) is 11.8. The maximum Gasteiger partial charge on any atom is 0.270 e. The number of hydrogen-bond donors (Lipinski definition) is 2. The van der Waals surface area contributed by atoms with Gasteiger partial charge >= 0.3 is 0 Å². The van der Waals surface area contributed by atoms with Crippen LogP contribution in [0.15, 0.2) is 42.7 Å². The third-order valence-corrected chi connectivity index (χ3v) is 6.77. The lowest BCUT2D eigenvalue weighted by Gasteiger charge is -2.28. The number of nitrogens with one attached hydrogen (secondary N) is 1.